The highest BCUT2D eigenvalue weighted by atomic mass is 16.0. The van der Waals surface area contributed by atoms with Crippen molar-refractivity contribution in [2.24, 2.45) is 0 Å². The fraction of sp³-hybridized carbons (Fsp3) is 1.00. The first-order valence-electron chi connectivity index (χ1n) is 1.00. The molecule has 28 valence electrons. The molecule has 0 aliphatic rings. The first kappa shape index (κ1) is 36.6. The summed E-state index contributed by atoms with van der Waals surface area (Å²) in [4.78, 5) is 0. The van der Waals surface area contributed by atoms with Gasteiger partial charge in [-0.15, -0.1) is 0 Å². The number of rotatable bonds is 0. The Hall–Kier alpha value is -0.0151. The van der Waals surface area contributed by atoms with Gasteiger partial charge < -0.3 is 11.0 Å². The predicted molar refractivity (Wildman–Crippen MR) is 21.6 cm³/mol. The van der Waals surface area contributed by atoms with Crippen molar-refractivity contribution < 1.29 is 11.0 Å². The summed E-state index contributed by atoms with van der Waals surface area (Å²) in [7, 11) is 2.00. The van der Waals surface area contributed by atoms with Gasteiger partial charge in [0, 0.05) is 0 Å². The maximum atomic E-state index is 2.00. The molecule has 0 saturated heterocycles. The first-order chi connectivity index (χ1) is 1.00. The second kappa shape index (κ2) is 51800. The molecule has 0 spiro atoms. The smallest absolute Gasteiger partial charge is 0.0973 e. The highest BCUT2D eigenvalue weighted by molar-refractivity contribution is 6.05. The molecule has 0 aromatic heterocycles. The topological polar surface area (TPSA) is 63.0 Å². The van der Waals surface area contributed by atoms with Gasteiger partial charge in [-0.2, -0.15) is 0 Å². The van der Waals surface area contributed by atoms with Crippen molar-refractivity contribution in [2.75, 3.05) is 0 Å². The van der Waals surface area contributed by atoms with Crippen LogP contribution in [-0.4, -0.2) is 18.8 Å². The second-order valence-electron chi connectivity index (χ2n) is 0. The summed E-state index contributed by atoms with van der Waals surface area (Å²) in [5, 5.41) is 0. The summed E-state index contributed by atoms with van der Waals surface area (Å²) in [5.74, 6) is 0. The lowest BCUT2D eigenvalue weighted by molar-refractivity contribution is 0.823. The van der Waals surface area contributed by atoms with Gasteiger partial charge >= 0.3 is 0 Å². The van der Waals surface area contributed by atoms with Crippen LogP contribution in [0.2, 0.25) is 6.82 Å². The Bertz CT molecular complexity index is 6.00. The highest BCUT2D eigenvalue weighted by Crippen LogP contribution is 0.960. The largest absolute Gasteiger partial charge is 0.412 e. The van der Waals surface area contributed by atoms with E-state index in [1.54, 1.807) is 0 Å². The Morgan fingerprint density at radius 3 is 1.00 bits per heavy atom. The minimum absolute atomic E-state index is 0. The van der Waals surface area contributed by atoms with Crippen molar-refractivity contribution >= 4 is 7.85 Å². The highest BCUT2D eigenvalue weighted by Gasteiger charge is 1.01. The summed E-state index contributed by atoms with van der Waals surface area (Å²) in [5.41, 5.74) is 0. The van der Waals surface area contributed by atoms with E-state index in [0.717, 1.165) is 0 Å². The molecule has 0 saturated carbocycles. The fourth-order valence-electron chi connectivity index (χ4n) is 0. The van der Waals surface area contributed by atoms with E-state index >= 15 is 0 Å². The summed E-state index contributed by atoms with van der Waals surface area (Å²) in [6.07, 6.45) is 0. The van der Waals surface area contributed by atoms with E-state index < -0.39 is 0 Å². The standard InChI is InChI=1S/CH5B.2H2O/c1-2;;/h2H2,1H3;2*1H2. The molecule has 0 fully saturated rings. The van der Waals surface area contributed by atoms with Crippen LogP contribution >= 0.6 is 0 Å². The predicted octanol–water partition coefficient (Wildman–Crippen LogP) is -1.98. The lowest BCUT2D eigenvalue weighted by Crippen LogP contribution is -1.13. The van der Waals surface area contributed by atoms with E-state index in [1.165, 1.54) is 0 Å². The maximum Gasteiger partial charge on any atom is 0.0973 e. The number of hydrogen-bond acceptors (Lipinski definition) is 0. The molecule has 4 heavy (non-hydrogen) atoms. The third kappa shape index (κ3) is 8480. The second-order valence-corrected chi connectivity index (χ2v) is 0. The van der Waals surface area contributed by atoms with Gasteiger partial charge in [0.1, 0.15) is 0 Å². The van der Waals surface area contributed by atoms with Crippen LogP contribution in [0.1, 0.15) is 0 Å². The summed E-state index contributed by atoms with van der Waals surface area (Å²) in [6.45, 7) is 2.00. The molecule has 0 bridgehead atoms. The zero-order valence-electron chi connectivity index (χ0n) is 3.00. The normalized spacial score (nSPS) is 1.25. The van der Waals surface area contributed by atoms with Crippen LogP contribution in [0.4, 0.5) is 0 Å². The van der Waals surface area contributed by atoms with Gasteiger partial charge in [-0.25, -0.2) is 0 Å². The third-order valence-electron chi connectivity index (χ3n) is 0. The fourth-order valence-corrected chi connectivity index (χ4v) is 0. The van der Waals surface area contributed by atoms with Crippen LogP contribution in [0.15, 0.2) is 0 Å². The first-order valence-corrected chi connectivity index (χ1v) is 1.00. The average molecular weight is 63.9 g/mol. The van der Waals surface area contributed by atoms with Crippen LogP contribution in [0.3, 0.4) is 0 Å². The van der Waals surface area contributed by atoms with Crippen molar-refractivity contribution in [1.29, 1.82) is 0 Å². The van der Waals surface area contributed by atoms with E-state index in [9.17, 15) is 0 Å². The maximum absolute atomic E-state index is 2.00. The Morgan fingerprint density at radius 2 is 1.00 bits per heavy atom. The van der Waals surface area contributed by atoms with Gasteiger partial charge in [-0.05, 0) is 0 Å². The molecule has 0 unspecified atom stereocenters. The quantitative estimate of drug-likeness (QED) is 0.293. The monoisotopic (exact) mass is 64.1 g/mol. The van der Waals surface area contributed by atoms with Crippen LogP contribution in [0.5, 0.6) is 0 Å². The zero-order chi connectivity index (χ0) is 2.00. The lowest BCUT2D eigenvalue weighted by Gasteiger charge is -1.00. The van der Waals surface area contributed by atoms with Crippen molar-refractivity contribution in [3.8, 4) is 0 Å². The third-order valence-corrected chi connectivity index (χ3v) is 0. The molecule has 0 atom stereocenters. The molecule has 0 rings (SSSR count). The van der Waals surface area contributed by atoms with Gasteiger partial charge in [0.2, 0.25) is 0 Å². The van der Waals surface area contributed by atoms with E-state index in [2.05, 4.69) is 0 Å². The minimum atomic E-state index is 0. The number of hydrogen-bond donors (Lipinski definition) is 0. The Labute approximate surface area is 26.9 Å². The van der Waals surface area contributed by atoms with Crippen LogP contribution in [-0.2, 0) is 0 Å². The lowest BCUT2D eigenvalue weighted by atomic mass is 10.2. The molecule has 0 aromatic carbocycles. The molecular weight excluding hydrogens is 54.8 g/mol. The Balaban J connectivity index is -0.00000000500. The summed E-state index contributed by atoms with van der Waals surface area (Å²) < 4.78 is 0. The average Bonchev–Trinajstić information content (AvgIpc) is 1.00. The van der Waals surface area contributed by atoms with E-state index in [0.29, 0.717) is 0 Å². The van der Waals surface area contributed by atoms with Crippen molar-refractivity contribution in [3.63, 3.8) is 0 Å². The van der Waals surface area contributed by atoms with Gasteiger partial charge in [0.15, 0.2) is 0 Å². The molecule has 0 aliphatic carbocycles. The molecule has 0 radical (unpaired) electrons. The molecule has 0 aliphatic heterocycles. The zero-order valence-corrected chi connectivity index (χ0v) is 3.00. The summed E-state index contributed by atoms with van der Waals surface area (Å²) in [6, 6.07) is 0. The van der Waals surface area contributed by atoms with E-state index in [-0.39, 0.29) is 11.0 Å². The molecular formula is CH9BO2. The van der Waals surface area contributed by atoms with E-state index in [4.69, 9.17) is 0 Å². The van der Waals surface area contributed by atoms with Crippen molar-refractivity contribution in [1.82, 2.24) is 0 Å². The minimum Gasteiger partial charge on any atom is -0.412 e. The van der Waals surface area contributed by atoms with Gasteiger partial charge in [-0.1, -0.05) is 6.82 Å². The Morgan fingerprint density at radius 1 is 1.00 bits per heavy atom. The molecule has 3 heteroatoms. The molecule has 0 heterocycles. The van der Waals surface area contributed by atoms with Gasteiger partial charge in [0.05, 0.1) is 7.85 Å². The molecule has 0 amide bonds. The van der Waals surface area contributed by atoms with Crippen LogP contribution in [0.25, 0.3) is 0 Å². The van der Waals surface area contributed by atoms with Crippen molar-refractivity contribution in [3.05, 3.63) is 0 Å². The molecule has 0 aromatic rings. The summed E-state index contributed by atoms with van der Waals surface area (Å²) >= 11 is 0. The SMILES string of the molecule is BC.O.O. The van der Waals surface area contributed by atoms with Crippen LogP contribution < -0.4 is 0 Å². The van der Waals surface area contributed by atoms with Gasteiger partial charge in [0.25, 0.3) is 0 Å². The van der Waals surface area contributed by atoms with Crippen LogP contribution in [0, 0.1) is 0 Å². The molecule has 2 nitrogen and oxygen atoms in total. The van der Waals surface area contributed by atoms with E-state index in [1.807, 2.05) is 14.7 Å². The van der Waals surface area contributed by atoms with Gasteiger partial charge in [-0.3, -0.25) is 0 Å². The molecule has 4 N–H and O–H groups in total. The Kier molecular flexibility index (Phi) is 474000. The van der Waals surface area contributed by atoms with Crippen molar-refractivity contribution in [2.45, 2.75) is 6.82 Å².